The highest BCUT2D eigenvalue weighted by Crippen LogP contribution is 2.53. The highest BCUT2D eigenvalue weighted by atomic mass is 32.2. The SMILES string of the molecule is CNS(=O)(=O)N(C[C@@H]1C[C@H](SC2=C(C(=O)OC(c3ccccc3)c3ccccc3)N3C(=O)[C@H]([C@@H](C)O)[C@H]3[C@H]2C)CN1C(=O)OC(C)(C)C)C(=O)OC(C)(C)C. The van der Waals surface area contributed by atoms with Crippen LogP contribution in [-0.4, -0.2) is 106 Å². The summed E-state index contributed by atoms with van der Waals surface area (Å²) >= 11 is 1.30. The van der Waals surface area contributed by atoms with Gasteiger partial charge in [0.05, 0.1) is 30.7 Å². The number of ether oxygens (including phenoxy) is 3. The van der Waals surface area contributed by atoms with Crippen molar-refractivity contribution in [2.45, 2.75) is 103 Å². The van der Waals surface area contributed by atoms with Crippen molar-refractivity contribution in [3.05, 3.63) is 82.4 Å². The van der Waals surface area contributed by atoms with Gasteiger partial charge in [-0.25, -0.2) is 19.1 Å². The Bertz CT molecular complexity index is 1850. The molecule has 3 aliphatic rings. The quantitative estimate of drug-likeness (QED) is 0.174. The molecule has 0 aromatic heterocycles. The molecule has 6 atom stereocenters. The smallest absolute Gasteiger partial charge is 0.425 e. The van der Waals surface area contributed by atoms with Gasteiger partial charge in [-0.2, -0.15) is 12.7 Å². The maximum absolute atomic E-state index is 14.4. The number of hydrogen-bond donors (Lipinski definition) is 2. The van der Waals surface area contributed by atoms with Crippen LogP contribution in [0.25, 0.3) is 0 Å². The number of fused-ring (bicyclic) bond motifs is 1. The average molecular weight is 801 g/mol. The van der Waals surface area contributed by atoms with Gasteiger partial charge in [-0.3, -0.25) is 4.79 Å². The Morgan fingerprint density at radius 3 is 2.00 bits per heavy atom. The molecule has 14 nitrogen and oxygen atoms in total. The first-order valence-corrected chi connectivity index (χ1v) is 20.6. The monoisotopic (exact) mass is 800 g/mol. The van der Waals surface area contributed by atoms with Crippen LogP contribution < -0.4 is 4.72 Å². The molecular formula is C39H52N4O10S2. The fourth-order valence-electron chi connectivity index (χ4n) is 7.16. The largest absolute Gasteiger partial charge is 0.448 e. The molecule has 2 N–H and O–H groups in total. The minimum atomic E-state index is -4.37. The molecule has 2 aromatic rings. The molecule has 0 spiro atoms. The van der Waals surface area contributed by atoms with Gasteiger partial charge in [0.1, 0.15) is 16.9 Å². The van der Waals surface area contributed by atoms with Crippen molar-refractivity contribution in [2.24, 2.45) is 11.8 Å². The number of amides is 3. The van der Waals surface area contributed by atoms with Crippen molar-refractivity contribution in [1.29, 1.82) is 0 Å². The maximum atomic E-state index is 14.4. The van der Waals surface area contributed by atoms with Gasteiger partial charge in [0.15, 0.2) is 6.10 Å². The van der Waals surface area contributed by atoms with Gasteiger partial charge in [0, 0.05) is 29.7 Å². The molecule has 5 rings (SSSR count). The zero-order valence-corrected chi connectivity index (χ0v) is 34.3. The predicted molar refractivity (Wildman–Crippen MR) is 206 cm³/mol. The Kier molecular flexibility index (Phi) is 12.3. The minimum Gasteiger partial charge on any atom is -0.448 e. The van der Waals surface area contributed by atoms with E-state index in [1.807, 2.05) is 67.6 Å². The highest BCUT2D eigenvalue weighted by Gasteiger charge is 2.61. The number of hydrogen-bond acceptors (Lipinski definition) is 11. The van der Waals surface area contributed by atoms with Crippen LogP contribution in [0.2, 0.25) is 0 Å². The third kappa shape index (κ3) is 9.30. The fourth-order valence-corrected chi connectivity index (χ4v) is 9.54. The Labute approximate surface area is 327 Å². The van der Waals surface area contributed by atoms with Crippen LogP contribution in [0.3, 0.4) is 0 Å². The number of thioether (sulfide) groups is 1. The van der Waals surface area contributed by atoms with Gasteiger partial charge < -0.3 is 29.1 Å². The van der Waals surface area contributed by atoms with Crippen LogP contribution >= 0.6 is 11.8 Å². The molecular weight excluding hydrogens is 749 g/mol. The standard InChI is InChI=1S/C39H52N4O10S2/c1-23-30-29(24(2)44)34(45)43(30)31(35(46)51-32(25-16-12-10-13-17-25)26-18-14-11-15-19-26)33(23)54-28-20-27(41(22-28)36(47)52-38(3,4)5)21-42(55(49,50)40-9)37(48)53-39(6,7)8/h10-19,23-24,27-30,32,40,44H,20-22H2,1-9H3/t23-,24-,27+,28+,29-,30-/m1/s1. The second-order valence-electron chi connectivity index (χ2n) is 16.1. The van der Waals surface area contributed by atoms with E-state index in [9.17, 15) is 32.7 Å². The lowest BCUT2D eigenvalue weighted by molar-refractivity contribution is -0.165. The van der Waals surface area contributed by atoms with E-state index in [0.29, 0.717) is 9.21 Å². The summed E-state index contributed by atoms with van der Waals surface area (Å²) in [5.41, 5.74) is -0.362. The summed E-state index contributed by atoms with van der Waals surface area (Å²) in [5, 5.41) is 10.2. The first-order valence-electron chi connectivity index (χ1n) is 18.3. The van der Waals surface area contributed by atoms with E-state index in [4.69, 9.17) is 14.2 Å². The van der Waals surface area contributed by atoms with E-state index >= 15 is 0 Å². The fraction of sp³-hybridized carbons (Fsp3) is 0.538. The van der Waals surface area contributed by atoms with Crippen LogP contribution in [0.1, 0.15) is 79.0 Å². The van der Waals surface area contributed by atoms with Gasteiger partial charge in [0.25, 0.3) is 0 Å². The molecule has 2 aromatic carbocycles. The van der Waals surface area contributed by atoms with Gasteiger partial charge in [-0.15, -0.1) is 11.8 Å². The van der Waals surface area contributed by atoms with Crippen LogP contribution in [0.4, 0.5) is 9.59 Å². The van der Waals surface area contributed by atoms with Crippen molar-refractivity contribution >= 4 is 46.0 Å². The Morgan fingerprint density at radius 1 is 0.964 bits per heavy atom. The highest BCUT2D eigenvalue weighted by molar-refractivity contribution is 8.03. The summed E-state index contributed by atoms with van der Waals surface area (Å²) in [6, 6.07) is 17.2. The molecule has 55 heavy (non-hydrogen) atoms. The first-order chi connectivity index (χ1) is 25.6. The van der Waals surface area contributed by atoms with E-state index < -0.39 is 93.4 Å². The molecule has 16 heteroatoms. The van der Waals surface area contributed by atoms with Crippen molar-refractivity contribution in [3.63, 3.8) is 0 Å². The van der Waals surface area contributed by atoms with E-state index in [-0.39, 0.29) is 18.7 Å². The average Bonchev–Trinajstić information content (AvgIpc) is 3.61. The van der Waals surface area contributed by atoms with E-state index in [0.717, 1.165) is 11.1 Å². The van der Waals surface area contributed by atoms with Gasteiger partial charge in [0.2, 0.25) is 5.91 Å². The Balaban J connectivity index is 1.51. The Morgan fingerprint density at radius 2 is 1.51 bits per heavy atom. The lowest BCUT2D eigenvalue weighted by Crippen LogP contribution is -2.63. The van der Waals surface area contributed by atoms with Gasteiger partial charge >= 0.3 is 28.4 Å². The second kappa shape index (κ2) is 16.2. The van der Waals surface area contributed by atoms with E-state index in [1.165, 1.54) is 28.6 Å². The number of aliphatic hydroxyl groups is 1. The van der Waals surface area contributed by atoms with Gasteiger partial charge in [-0.05, 0) is 66.0 Å². The summed E-state index contributed by atoms with van der Waals surface area (Å²) in [5.74, 6) is -2.25. The maximum Gasteiger partial charge on any atom is 0.425 e. The molecule has 2 fully saturated rings. The number of nitrogens with zero attached hydrogens (tertiary/aromatic N) is 3. The van der Waals surface area contributed by atoms with Crippen molar-refractivity contribution in [1.82, 2.24) is 18.8 Å². The van der Waals surface area contributed by atoms with Crippen LogP contribution in [-0.2, 0) is 34.0 Å². The van der Waals surface area contributed by atoms with Crippen molar-refractivity contribution < 1.29 is 46.9 Å². The lowest BCUT2D eigenvalue weighted by atomic mass is 9.79. The normalized spacial score (nSPS) is 23.3. The summed E-state index contributed by atoms with van der Waals surface area (Å²) in [6.07, 6.45) is -3.39. The van der Waals surface area contributed by atoms with Crippen molar-refractivity contribution in [2.75, 3.05) is 20.1 Å². The predicted octanol–water partition coefficient (Wildman–Crippen LogP) is 5.20. The number of benzene rings is 2. The summed E-state index contributed by atoms with van der Waals surface area (Å²) in [6.45, 7) is 13.0. The zero-order valence-electron chi connectivity index (χ0n) is 32.7. The topological polar surface area (TPSA) is 172 Å². The summed E-state index contributed by atoms with van der Waals surface area (Å²) < 4.78 is 46.5. The molecule has 2 saturated heterocycles. The number of carbonyl (C=O) groups is 4. The molecule has 0 saturated carbocycles. The number of nitrogens with one attached hydrogen (secondary N) is 1. The van der Waals surface area contributed by atoms with Crippen molar-refractivity contribution in [3.8, 4) is 0 Å². The number of β-lactam (4-membered cyclic amide) rings is 1. The first kappa shape index (κ1) is 42.0. The molecule has 0 aliphatic carbocycles. The van der Waals surface area contributed by atoms with Crippen LogP contribution in [0.15, 0.2) is 71.3 Å². The third-order valence-electron chi connectivity index (χ3n) is 9.55. The third-order valence-corrected chi connectivity index (χ3v) is 12.4. The number of esters is 1. The number of rotatable bonds is 11. The van der Waals surface area contributed by atoms with Crippen LogP contribution in [0, 0.1) is 11.8 Å². The molecule has 3 heterocycles. The number of aliphatic hydroxyl groups excluding tert-OH is 1. The molecule has 0 radical (unpaired) electrons. The lowest BCUT2D eigenvalue weighted by Gasteiger charge is -2.46. The molecule has 0 bridgehead atoms. The molecule has 3 aliphatic heterocycles. The summed E-state index contributed by atoms with van der Waals surface area (Å²) in [7, 11) is -3.20. The molecule has 3 amide bonds. The van der Waals surface area contributed by atoms with Crippen LogP contribution in [0.5, 0.6) is 0 Å². The van der Waals surface area contributed by atoms with E-state index in [2.05, 4.69) is 4.72 Å². The van der Waals surface area contributed by atoms with Gasteiger partial charge in [-0.1, -0.05) is 67.6 Å². The molecule has 0 unspecified atom stereocenters. The number of likely N-dealkylation sites (tertiary alicyclic amines) is 1. The molecule has 300 valence electrons. The zero-order chi connectivity index (χ0) is 40.6. The minimum absolute atomic E-state index is 0.0691. The van der Waals surface area contributed by atoms with E-state index in [1.54, 1.807) is 48.5 Å². The summed E-state index contributed by atoms with van der Waals surface area (Å²) in [4.78, 5) is 58.4. The number of carbonyl (C=O) groups excluding carboxylic acids is 4. The second-order valence-corrected chi connectivity index (χ2v) is 19.2. The Hall–Kier alpha value is -4.12.